The summed E-state index contributed by atoms with van der Waals surface area (Å²) in [7, 11) is 1.93. The van der Waals surface area contributed by atoms with Gasteiger partial charge in [-0.25, -0.2) is 4.98 Å². The molecule has 0 unspecified atom stereocenters. The van der Waals surface area contributed by atoms with Crippen LogP contribution < -0.4 is 5.32 Å². The van der Waals surface area contributed by atoms with Crippen LogP contribution in [0.2, 0.25) is 0 Å². The fourth-order valence-corrected chi connectivity index (χ4v) is 2.50. The van der Waals surface area contributed by atoms with E-state index in [0.29, 0.717) is 25.7 Å². The predicted octanol–water partition coefficient (Wildman–Crippen LogP) is 1.36. The van der Waals surface area contributed by atoms with Crippen molar-refractivity contribution in [1.29, 1.82) is 0 Å². The Morgan fingerprint density at radius 3 is 3.00 bits per heavy atom. The van der Waals surface area contributed by atoms with E-state index in [2.05, 4.69) is 19.9 Å². The fraction of sp³-hybridized carbons (Fsp3) is 0.438. The smallest absolute Gasteiger partial charge is 0.234 e. The van der Waals surface area contributed by atoms with Crippen molar-refractivity contribution in [2.75, 3.05) is 13.6 Å². The van der Waals surface area contributed by atoms with Gasteiger partial charge in [-0.15, -0.1) is 0 Å². The van der Waals surface area contributed by atoms with Gasteiger partial charge in [0, 0.05) is 31.2 Å². The largest absolute Gasteiger partial charge is 0.349 e. The molecular weight excluding hydrogens is 278 g/mol. The minimum absolute atomic E-state index is 0.0231. The number of hydrogen-bond acceptors (Lipinski definition) is 4. The molecule has 3 rings (SSSR count). The van der Waals surface area contributed by atoms with Crippen molar-refractivity contribution in [2.45, 2.75) is 32.0 Å². The molecule has 0 atom stereocenters. The first-order chi connectivity index (χ1) is 10.7. The Morgan fingerprint density at radius 1 is 1.41 bits per heavy atom. The number of nitrogens with zero attached hydrogens (tertiary/aromatic N) is 4. The molecular formula is C16H21N5O. The molecule has 6 heteroatoms. The average molecular weight is 299 g/mol. The molecule has 0 aromatic carbocycles. The van der Waals surface area contributed by atoms with Crippen LogP contribution in [0.25, 0.3) is 0 Å². The highest BCUT2D eigenvalue weighted by atomic mass is 16.2. The Kier molecular flexibility index (Phi) is 4.48. The second-order valence-corrected chi connectivity index (χ2v) is 5.83. The maximum absolute atomic E-state index is 12.0. The van der Waals surface area contributed by atoms with Gasteiger partial charge in [0.15, 0.2) is 0 Å². The molecule has 0 radical (unpaired) electrons. The molecule has 0 bridgehead atoms. The normalized spacial score (nSPS) is 14.3. The van der Waals surface area contributed by atoms with E-state index in [9.17, 15) is 4.79 Å². The van der Waals surface area contributed by atoms with E-state index in [1.807, 2.05) is 42.8 Å². The quantitative estimate of drug-likeness (QED) is 0.838. The summed E-state index contributed by atoms with van der Waals surface area (Å²) in [6.07, 6.45) is 9.68. The van der Waals surface area contributed by atoms with Gasteiger partial charge in [-0.2, -0.15) is 0 Å². The summed E-state index contributed by atoms with van der Waals surface area (Å²) in [6, 6.07) is 4.50. The van der Waals surface area contributed by atoms with Crippen molar-refractivity contribution in [3.8, 4) is 0 Å². The lowest BCUT2D eigenvalue weighted by Crippen LogP contribution is -2.34. The Morgan fingerprint density at radius 2 is 2.27 bits per heavy atom. The molecule has 2 heterocycles. The summed E-state index contributed by atoms with van der Waals surface area (Å²) < 4.78 is 2.17. The SMILES string of the molecule is CN(CC(=O)NCc1cncn1C1CC1)Cc1cccnc1. The van der Waals surface area contributed by atoms with Crippen LogP contribution in [0.5, 0.6) is 0 Å². The Bertz CT molecular complexity index is 620. The second-order valence-electron chi connectivity index (χ2n) is 5.83. The average Bonchev–Trinajstić information content (AvgIpc) is 3.24. The lowest BCUT2D eigenvalue weighted by atomic mass is 10.3. The first kappa shape index (κ1) is 14.7. The molecule has 1 amide bonds. The third-order valence-corrected chi connectivity index (χ3v) is 3.74. The molecule has 2 aromatic rings. The Labute approximate surface area is 130 Å². The molecule has 0 aliphatic heterocycles. The molecule has 1 aliphatic rings. The molecule has 1 fully saturated rings. The molecule has 1 aliphatic carbocycles. The first-order valence-corrected chi connectivity index (χ1v) is 7.57. The minimum atomic E-state index is 0.0231. The van der Waals surface area contributed by atoms with E-state index in [1.54, 1.807) is 6.20 Å². The summed E-state index contributed by atoms with van der Waals surface area (Å²) in [5.41, 5.74) is 2.18. The van der Waals surface area contributed by atoms with Crippen molar-refractivity contribution in [3.63, 3.8) is 0 Å². The maximum Gasteiger partial charge on any atom is 0.234 e. The van der Waals surface area contributed by atoms with Gasteiger partial charge in [-0.3, -0.25) is 14.7 Å². The third-order valence-electron chi connectivity index (χ3n) is 3.74. The lowest BCUT2D eigenvalue weighted by Gasteiger charge is -2.16. The van der Waals surface area contributed by atoms with Gasteiger partial charge in [-0.1, -0.05) is 6.07 Å². The number of likely N-dealkylation sites (N-methyl/N-ethyl adjacent to an activating group) is 1. The minimum Gasteiger partial charge on any atom is -0.349 e. The highest BCUT2D eigenvalue weighted by Crippen LogP contribution is 2.35. The van der Waals surface area contributed by atoms with Crippen LogP contribution in [0.15, 0.2) is 37.1 Å². The first-order valence-electron chi connectivity index (χ1n) is 7.57. The van der Waals surface area contributed by atoms with Crippen molar-refractivity contribution in [3.05, 3.63) is 48.3 Å². The zero-order valence-corrected chi connectivity index (χ0v) is 12.8. The van der Waals surface area contributed by atoms with E-state index in [0.717, 1.165) is 11.3 Å². The summed E-state index contributed by atoms with van der Waals surface area (Å²) in [5, 5.41) is 2.97. The van der Waals surface area contributed by atoms with E-state index in [1.165, 1.54) is 12.8 Å². The maximum atomic E-state index is 12.0. The zero-order valence-electron chi connectivity index (χ0n) is 12.8. The molecule has 2 aromatic heterocycles. The van der Waals surface area contributed by atoms with Crippen LogP contribution >= 0.6 is 0 Å². The van der Waals surface area contributed by atoms with Crippen LogP contribution in [0, 0.1) is 0 Å². The number of imidazole rings is 1. The molecule has 0 saturated heterocycles. The zero-order chi connectivity index (χ0) is 15.4. The van der Waals surface area contributed by atoms with Crippen molar-refractivity contribution in [1.82, 2.24) is 24.8 Å². The number of carbonyl (C=O) groups excluding carboxylic acids is 1. The number of hydrogen-bond donors (Lipinski definition) is 1. The summed E-state index contributed by atoms with van der Waals surface area (Å²) in [5.74, 6) is 0.0231. The van der Waals surface area contributed by atoms with E-state index >= 15 is 0 Å². The van der Waals surface area contributed by atoms with Crippen LogP contribution in [0.1, 0.15) is 30.1 Å². The summed E-state index contributed by atoms with van der Waals surface area (Å²) in [4.78, 5) is 22.3. The number of rotatable bonds is 7. The van der Waals surface area contributed by atoms with Crippen LogP contribution in [-0.4, -0.2) is 38.9 Å². The van der Waals surface area contributed by atoms with Gasteiger partial charge in [-0.05, 0) is 31.5 Å². The number of amides is 1. The van der Waals surface area contributed by atoms with Gasteiger partial charge >= 0.3 is 0 Å². The van der Waals surface area contributed by atoms with Crippen molar-refractivity contribution < 1.29 is 4.79 Å². The number of pyridine rings is 1. The number of aromatic nitrogens is 3. The van der Waals surface area contributed by atoms with E-state index < -0.39 is 0 Å². The molecule has 116 valence electrons. The van der Waals surface area contributed by atoms with Gasteiger partial charge in [0.25, 0.3) is 0 Å². The van der Waals surface area contributed by atoms with Crippen LogP contribution in [-0.2, 0) is 17.9 Å². The standard InChI is InChI=1S/C16H21N5O/c1-20(10-13-3-2-6-17-7-13)11-16(22)19-9-15-8-18-12-21(15)14-4-5-14/h2-3,6-8,12,14H,4-5,9-11H2,1H3,(H,19,22). The highest BCUT2D eigenvalue weighted by molar-refractivity contribution is 5.77. The third kappa shape index (κ3) is 3.92. The molecule has 1 N–H and O–H groups in total. The predicted molar refractivity (Wildman–Crippen MR) is 82.9 cm³/mol. The van der Waals surface area contributed by atoms with Gasteiger partial charge in [0.1, 0.15) is 0 Å². The Hall–Kier alpha value is -2.21. The fourth-order valence-electron chi connectivity index (χ4n) is 2.50. The van der Waals surface area contributed by atoms with Crippen LogP contribution in [0.3, 0.4) is 0 Å². The highest BCUT2D eigenvalue weighted by Gasteiger charge is 2.25. The number of carbonyl (C=O) groups is 1. The van der Waals surface area contributed by atoms with Crippen molar-refractivity contribution >= 4 is 5.91 Å². The van der Waals surface area contributed by atoms with Gasteiger partial charge < -0.3 is 9.88 Å². The molecule has 1 saturated carbocycles. The molecule has 6 nitrogen and oxygen atoms in total. The second kappa shape index (κ2) is 6.70. The van der Waals surface area contributed by atoms with E-state index in [4.69, 9.17) is 0 Å². The van der Waals surface area contributed by atoms with Crippen molar-refractivity contribution in [2.24, 2.45) is 0 Å². The summed E-state index contributed by atoms with van der Waals surface area (Å²) in [6.45, 7) is 1.61. The van der Waals surface area contributed by atoms with Crippen LogP contribution in [0.4, 0.5) is 0 Å². The topological polar surface area (TPSA) is 63.1 Å². The monoisotopic (exact) mass is 299 g/mol. The number of nitrogens with one attached hydrogen (secondary N) is 1. The van der Waals surface area contributed by atoms with Gasteiger partial charge in [0.2, 0.25) is 5.91 Å². The molecule has 0 spiro atoms. The molecule has 22 heavy (non-hydrogen) atoms. The summed E-state index contributed by atoms with van der Waals surface area (Å²) >= 11 is 0. The van der Waals surface area contributed by atoms with Gasteiger partial charge in [0.05, 0.1) is 25.1 Å². The lowest BCUT2D eigenvalue weighted by molar-refractivity contribution is -0.122. The Balaban J connectivity index is 1.45. The van der Waals surface area contributed by atoms with E-state index in [-0.39, 0.29) is 5.91 Å².